The average Bonchev–Trinajstić information content (AvgIpc) is 3.78. The molecule has 72 heavy (non-hydrogen) atoms. The molecule has 8 heteroatoms. The molecule has 334 valence electrons. The van der Waals surface area contributed by atoms with Crippen LogP contribution in [0.3, 0.4) is 0 Å². The molecule has 0 fully saturated rings. The highest BCUT2D eigenvalue weighted by Gasteiger charge is 2.43. The van der Waals surface area contributed by atoms with Crippen molar-refractivity contribution in [2.75, 3.05) is 9.80 Å². The Morgan fingerprint density at radius 3 is 1.46 bits per heavy atom. The molecule has 0 N–H and O–H groups in total. The lowest BCUT2D eigenvalue weighted by Gasteiger charge is -2.44. The van der Waals surface area contributed by atoms with Gasteiger partial charge in [-0.25, -0.2) is 19.8 Å². The van der Waals surface area contributed by atoms with Gasteiger partial charge in [-0.15, -0.1) is 0 Å². The monoisotopic (exact) mass is 917 g/mol. The Bertz CT molecular complexity index is 3960. The second-order valence-corrected chi connectivity index (χ2v) is 18.2. The molecule has 0 radical (unpaired) electrons. The van der Waals surface area contributed by atoms with Gasteiger partial charge >= 0.3 is 0 Å². The predicted octanol–water partition coefficient (Wildman–Crippen LogP) is 14.3. The molecule has 0 amide bonds. The average molecular weight is 918 g/mol. The number of hydrogen-bond acceptors (Lipinski definition) is 5. The molecule has 2 aromatic heterocycles. The first-order chi connectivity index (χ1) is 35.7. The molecule has 0 atom stereocenters. The fraction of sp³-hybridized carbons (Fsp3) is 0. The van der Waals surface area contributed by atoms with E-state index < -0.39 is 0 Å². The Morgan fingerprint density at radius 2 is 0.875 bits per heavy atom. The third-order valence-corrected chi connectivity index (χ3v) is 14.2. The van der Waals surface area contributed by atoms with E-state index in [2.05, 4.69) is 183 Å². The fourth-order valence-electron chi connectivity index (χ4n) is 11.1. The number of para-hydroxylation sites is 6. The Kier molecular flexibility index (Phi) is 9.54. The van der Waals surface area contributed by atoms with Gasteiger partial charge in [-0.1, -0.05) is 176 Å². The van der Waals surface area contributed by atoms with Crippen LogP contribution in [-0.4, -0.2) is 26.2 Å². The van der Waals surface area contributed by atoms with Crippen molar-refractivity contribution in [3.8, 4) is 51.0 Å². The second-order valence-electron chi connectivity index (χ2n) is 18.2. The van der Waals surface area contributed by atoms with E-state index >= 15 is 0 Å². The van der Waals surface area contributed by atoms with Crippen LogP contribution in [0.4, 0.5) is 39.8 Å². The standard InChI is InChI=1S/C64H40BN7/c1-66-53-33-20-30-49(64-68-62(42-21-6-2-7-22-42)67-63(69-64)43-23-8-3-9-24-43)61(53)72-54-34-17-14-29-48(54)50-39-44(37-38-55(50)72)45-40-58-60-59(41-45)71(47-27-12-5-13-28-47)57-36-19-16-32-52(57)65(60)51-31-15-18-35-56(51)70(58)46-25-10-4-11-26-46/h2-41H. The molecule has 10 aromatic carbocycles. The van der Waals surface area contributed by atoms with Crippen LogP contribution >= 0.6 is 0 Å². The van der Waals surface area contributed by atoms with Crippen LogP contribution in [0.2, 0.25) is 0 Å². The number of hydrogen-bond donors (Lipinski definition) is 0. The summed E-state index contributed by atoms with van der Waals surface area (Å²) in [6.45, 7) is 8.61. The minimum Gasteiger partial charge on any atom is -0.318 e. The van der Waals surface area contributed by atoms with E-state index in [1.54, 1.807) is 0 Å². The highest BCUT2D eigenvalue weighted by molar-refractivity contribution is 7.00. The Morgan fingerprint density at radius 1 is 0.375 bits per heavy atom. The highest BCUT2D eigenvalue weighted by Crippen LogP contribution is 2.47. The van der Waals surface area contributed by atoms with Gasteiger partial charge in [0.1, 0.15) is 0 Å². The van der Waals surface area contributed by atoms with Gasteiger partial charge in [0.25, 0.3) is 6.71 Å². The van der Waals surface area contributed by atoms with Gasteiger partial charge in [0.05, 0.1) is 23.3 Å². The van der Waals surface area contributed by atoms with Gasteiger partial charge in [0.2, 0.25) is 5.69 Å². The van der Waals surface area contributed by atoms with Crippen molar-refractivity contribution in [2.24, 2.45) is 0 Å². The number of nitrogens with zero attached hydrogens (tertiary/aromatic N) is 7. The summed E-state index contributed by atoms with van der Waals surface area (Å²) in [5.74, 6) is 1.61. The van der Waals surface area contributed by atoms with E-state index in [0.29, 0.717) is 28.8 Å². The maximum absolute atomic E-state index is 8.59. The van der Waals surface area contributed by atoms with Crippen LogP contribution in [0.25, 0.3) is 77.6 Å². The molecular formula is C64H40BN7. The van der Waals surface area contributed by atoms with Gasteiger partial charge in [0, 0.05) is 61.6 Å². The van der Waals surface area contributed by atoms with Crippen LogP contribution < -0.4 is 26.2 Å². The summed E-state index contributed by atoms with van der Waals surface area (Å²) in [6, 6.07) is 85.2. The second kappa shape index (κ2) is 16.7. The molecule has 14 rings (SSSR count). The molecule has 0 aliphatic carbocycles. The highest BCUT2D eigenvalue weighted by atomic mass is 15.2. The van der Waals surface area contributed by atoms with Crippen LogP contribution in [0, 0.1) is 6.57 Å². The van der Waals surface area contributed by atoms with Gasteiger partial charge < -0.3 is 14.4 Å². The van der Waals surface area contributed by atoms with Crippen molar-refractivity contribution in [2.45, 2.75) is 0 Å². The Labute approximate surface area is 417 Å². The van der Waals surface area contributed by atoms with Gasteiger partial charge in [-0.2, -0.15) is 0 Å². The van der Waals surface area contributed by atoms with Crippen molar-refractivity contribution in [1.82, 2.24) is 19.5 Å². The largest absolute Gasteiger partial charge is 0.318 e. The molecule has 2 aliphatic rings. The predicted molar refractivity (Wildman–Crippen MR) is 296 cm³/mol. The summed E-state index contributed by atoms with van der Waals surface area (Å²) in [5, 5.41) is 2.14. The lowest BCUT2D eigenvalue weighted by molar-refractivity contribution is 1.07. The van der Waals surface area contributed by atoms with Crippen molar-refractivity contribution < 1.29 is 0 Å². The number of fused-ring (bicyclic) bond motifs is 7. The number of rotatable bonds is 7. The van der Waals surface area contributed by atoms with Crippen LogP contribution in [0.5, 0.6) is 0 Å². The summed E-state index contributed by atoms with van der Waals surface area (Å²) in [4.78, 5) is 24.4. The van der Waals surface area contributed by atoms with E-state index in [9.17, 15) is 0 Å². The fourth-order valence-corrected chi connectivity index (χ4v) is 11.1. The molecule has 0 spiro atoms. The van der Waals surface area contributed by atoms with Gasteiger partial charge in [-0.05, 0) is 94.2 Å². The quantitative estimate of drug-likeness (QED) is 0.118. The minimum absolute atomic E-state index is 0.0189. The van der Waals surface area contributed by atoms with E-state index in [4.69, 9.17) is 21.5 Å². The minimum atomic E-state index is 0.0189. The molecule has 2 aliphatic heterocycles. The van der Waals surface area contributed by atoms with Crippen molar-refractivity contribution in [3.05, 3.63) is 254 Å². The maximum atomic E-state index is 8.59. The smallest absolute Gasteiger partial charge is 0.252 e. The molecule has 12 aromatic rings. The van der Waals surface area contributed by atoms with Crippen LogP contribution in [0.15, 0.2) is 243 Å². The zero-order valence-electron chi connectivity index (χ0n) is 38.8. The van der Waals surface area contributed by atoms with Gasteiger partial charge in [-0.3, -0.25) is 0 Å². The SMILES string of the molecule is [C-]#[N+]c1cccc(-c2nc(-c3ccccc3)nc(-c3ccccc3)n2)c1-n1c2ccccc2c2cc(-c3cc4c5c(c3)N(c3ccccc3)c3ccccc3B5c3ccccc3N4c3ccccc3)ccc21. The van der Waals surface area contributed by atoms with Crippen LogP contribution in [0.1, 0.15) is 0 Å². The summed E-state index contributed by atoms with van der Waals surface area (Å²) < 4.78 is 2.23. The van der Waals surface area contributed by atoms with Crippen molar-refractivity contribution in [1.29, 1.82) is 0 Å². The molecule has 0 bridgehead atoms. The van der Waals surface area contributed by atoms with Gasteiger partial charge in [0.15, 0.2) is 17.5 Å². The third kappa shape index (κ3) is 6.49. The molecular weight excluding hydrogens is 878 g/mol. The van der Waals surface area contributed by atoms with E-state index in [0.717, 1.165) is 72.4 Å². The third-order valence-electron chi connectivity index (χ3n) is 14.2. The van der Waals surface area contributed by atoms with Crippen molar-refractivity contribution >= 4 is 84.7 Å². The first kappa shape index (κ1) is 41.2. The lowest BCUT2D eigenvalue weighted by atomic mass is 9.33. The first-order valence-electron chi connectivity index (χ1n) is 24.2. The molecule has 0 saturated carbocycles. The Hall–Kier alpha value is -9.84. The van der Waals surface area contributed by atoms with E-state index in [-0.39, 0.29) is 6.71 Å². The summed E-state index contributed by atoms with van der Waals surface area (Å²) >= 11 is 0. The summed E-state index contributed by atoms with van der Waals surface area (Å²) in [5.41, 5.74) is 18.5. The molecule has 4 heterocycles. The molecule has 0 saturated heterocycles. The normalized spacial score (nSPS) is 12.3. The summed E-state index contributed by atoms with van der Waals surface area (Å²) in [6.07, 6.45) is 0. The zero-order chi connectivity index (χ0) is 47.7. The topological polar surface area (TPSA) is 54.4 Å². The lowest BCUT2D eigenvalue weighted by Crippen LogP contribution is -2.61. The number of aromatic nitrogens is 4. The Balaban J connectivity index is 1.01. The summed E-state index contributed by atoms with van der Waals surface area (Å²) in [7, 11) is 0. The molecule has 7 nitrogen and oxygen atoms in total. The number of anilines is 6. The van der Waals surface area contributed by atoms with E-state index in [1.165, 1.54) is 27.8 Å². The zero-order valence-corrected chi connectivity index (χ0v) is 38.8. The first-order valence-corrected chi connectivity index (χ1v) is 24.2. The van der Waals surface area contributed by atoms with E-state index in [1.807, 2.05) is 78.9 Å². The number of benzene rings is 10. The van der Waals surface area contributed by atoms with Crippen LogP contribution in [-0.2, 0) is 0 Å². The van der Waals surface area contributed by atoms with Crippen molar-refractivity contribution in [3.63, 3.8) is 0 Å². The maximum Gasteiger partial charge on any atom is 0.252 e. The molecule has 0 unspecified atom stereocenters.